The van der Waals surface area contributed by atoms with Crippen molar-refractivity contribution >= 4 is 39.2 Å². The number of carbonyl (C=O) groups excluding carboxylic acids is 3. The van der Waals surface area contributed by atoms with Crippen LogP contribution in [0, 0.1) is 0 Å². The molecule has 0 unspecified atom stereocenters. The van der Waals surface area contributed by atoms with Crippen molar-refractivity contribution in [3.63, 3.8) is 0 Å². The number of esters is 1. The normalized spacial score (nSPS) is 10.8. The average molecular weight is 482 g/mol. The van der Waals surface area contributed by atoms with E-state index in [0.29, 0.717) is 28.1 Å². The van der Waals surface area contributed by atoms with Crippen LogP contribution in [0.4, 0.5) is 11.4 Å². The van der Waals surface area contributed by atoms with E-state index in [4.69, 9.17) is 4.74 Å². The number of rotatable bonds is 8. The van der Waals surface area contributed by atoms with Crippen molar-refractivity contribution < 1.29 is 27.5 Å². The van der Waals surface area contributed by atoms with Crippen LogP contribution in [-0.4, -0.2) is 32.5 Å². The van der Waals surface area contributed by atoms with Crippen LogP contribution in [0.25, 0.3) is 0 Å². The first-order chi connectivity index (χ1) is 16.1. The summed E-state index contributed by atoms with van der Waals surface area (Å²) in [6.07, 6.45) is 1.04. The Labute approximate surface area is 197 Å². The fourth-order valence-electron chi connectivity index (χ4n) is 3.04. The van der Waals surface area contributed by atoms with Gasteiger partial charge in [-0.15, -0.1) is 0 Å². The fraction of sp³-hybridized carbons (Fsp3) is 0.125. The van der Waals surface area contributed by atoms with Gasteiger partial charge in [0.05, 0.1) is 6.26 Å². The van der Waals surface area contributed by atoms with Crippen LogP contribution in [0.2, 0.25) is 0 Å². The van der Waals surface area contributed by atoms with Gasteiger partial charge in [0.15, 0.2) is 0 Å². The Morgan fingerprint density at radius 2 is 1.56 bits per heavy atom. The summed E-state index contributed by atoms with van der Waals surface area (Å²) >= 11 is 0. The SMILES string of the molecule is CC(=O)Oc1cccc(C(=O)NCc2ccccc2NC(=O)c2ccc(NS(C)(=O)=O)cc2)c1. The van der Waals surface area contributed by atoms with Crippen molar-refractivity contribution in [3.05, 3.63) is 89.5 Å². The zero-order chi connectivity index (χ0) is 24.7. The summed E-state index contributed by atoms with van der Waals surface area (Å²) in [6, 6.07) is 19.2. The second-order valence-corrected chi connectivity index (χ2v) is 9.12. The molecule has 0 aliphatic carbocycles. The van der Waals surface area contributed by atoms with E-state index in [1.54, 1.807) is 42.5 Å². The summed E-state index contributed by atoms with van der Waals surface area (Å²) in [4.78, 5) is 36.3. The smallest absolute Gasteiger partial charge is 0.308 e. The second kappa shape index (κ2) is 10.6. The van der Waals surface area contributed by atoms with Gasteiger partial charge in [-0.3, -0.25) is 19.1 Å². The average Bonchev–Trinajstić information content (AvgIpc) is 2.77. The Morgan fingerprint density at radius 1 is 0.853 bits per heavy atom. The lowest BCUT2D eigenvalue weighted by Crippen LogP contribution is -2.24. The van der Waals surface area contributed by atoms with E-state index in [-0.39, 0.29) is 18.2 Å². The molecule has 34 heavy (non-hydrogen) atoms. The van der Waals surface area contributed by atoms with Crippen molar-refractivity contribution in [2.24, 2.45) is 0 Å². The lowest BCUT2D eigenvalue weighted by Gasteiger charge is -2.13. The van der Waals surface area contributed by atoms with Gasteiger partial charge in [0.2, 0.25) is 10.0 Å². The molecule has 9 nitrogen and oxygen atoms in total. The number of sulfonamides is 1. The van der Waals surface area contributed by atoms with E-state index < -0.39 is 21.9 Å². The van der Waals surface area contributed by atoms with E-state index >= 15 is 0 Å². The molecule has 3 N–H and O–H groups in total. The number of ether oxygens (including phenoxy) is 1. The van der Waals surface area contributed by atoms with E-state index in [1.807, 2.05) is 0 Å². The summed E-state index contributed by atoms with van der Waals surface area (Å²) in [5, 5.41) is 5.58. The van der Waals surface area contributed by atoms with Gasteiger partial charge in [-0.25, -0.2) is 8.42 Å². The third-order valence-corrected chi connectivity index (χ3v) is 5.12. The summed E-state index contributed by atoms with van der Waals surface area (Å²) in [5.74, 6) is -0.975. The van der Waals surface area contributed by atoms with Crippen LogP contribution in [0.5, 0.6) is 5.75 Å². The molecule has 0 saturated heterocycles. The molecule has 0 fully saturated rings. The highest BCUT2D eigenvalue weighted by Crippen LogP contribution is 2.18. The Balaban J connectivity index is 1.66. The highest BCUT2D eigenvalue weighted by molar-refractivity contribution is 7.92. The molecule has 0 spiro atoms. The first-order valence-electron chi connectivity index (χ1n) is 10.1. The minimum absolute atomic E-state index is 0.143. The Bertz CT molecular complexity index is 1320. The van der Waals surface area contributed by atoms with Crippen LogP contribution in [0.1, 0.15) is 33.2 Å². The maximum absolute atomic E-state index is 12.7. The zero-order valence-electron chi connectivity index (χ0n) is 18.5. The van der Waals surface area contributed by atoms with Gasteiger partial charge < -0.3 is 15.4 Å². The number of nitrogens with one attached hydrogen (secondary N) is 3. The summed E-state index contributed by atoms with van der Waals surface area (Å²) in [7, 11) is -3.41. The number of hydrogen-bond acceptors (Lipinski definition) is 6. The van der Waals surface area contributed by atoms with Crippen molar-refractivity contribution in [3.8, 4) is 5.75 Å². The third kappa shape index (κ3) is 7.17. The van der Waals surface area contributed by atoms with Crippen molar-refractivity contribution in [1.82, 2.24) is 5.32 Å². The number of anilines is 2. The number of benzene rings is 3. The largest absolute Gasteiger partial charge is 0.427 e. The van der Waals surface area contributed by atoms with Gasteiger partial charge in [0.1, 0.15) is 5.75 Å². The van der Waals surface area contributed by atoms with E-state index in [9.17, 15) is 22.8 Å². The van der Waals surface area contributed by atoms with Gasteiger partial charge in [-0.1, -0.05) is 24.3 Å². The predicted octanol–water partition coefficient (Wildman–Crippen LogP) is 3.17. The van der Waals surface area contributed by atoms with Crippen LogP contribution in [-0.2, 0) is 21.4 Å². The number of para-hydroxylation sites is 1. The molecular weight excluding hydrogens is 458 g/mol. The monoisotopic (exact) mass is 481 g/mol. The van der Waals surface area contributed by atoms with Gasteiger partial charge >= 0.3 is 5.97 Å². The molecule has 0 aliphatic heterocycles. The van der Waals surface area contributed by atoms with Crippen LogP contribution in [0.15, 0.2) is 72.8 Å². The van der Waals surface area contributed by atoms with Crippen LogP contribution in [0.3, 0.4) is 0 Å². The highest BCUT2D eigenvalue weighted by Gasteiger charge is 2.12. The Hall–Kier alpha value is -4.18. The first-order valence-corrected chi connectivity index (χ1v) is 12.0. The maximum atomic E-state index is 12.7. The molecule has 0 aromatic heterocycles. The van der Waals surface area contributed by atoms with Crippen LogP contribution < -0.4 is 20.1 Å². The molecule has 0 aliphatic rings. The number of carbonyl (C=O) groups is 3. The lowest BCUT2D eigenvalue weighted by atomic mass is 10.1. The molecule has 2 amide bonds. The molecule has 3 aromatic carbocycles. The molecule has 0 heterocycles. The zero-order valence-corrected chi connectivity index (χ0v) is 19.3. The Morgan fingerprint density at radius 3 is 2.24 bits per heavy atom. The van der Waals surface area contributed by atoms with Gasteiger partial charge in [-0.05, 0) is 54.1 Å². The molecule has 0 atom stereocenters. The Kier molecular flexibility index (Phi) is 7.64. The van der Waals surface area contributed by atoms with Crippen molar-refractivity contribution in [2.45, 2.75) is 13.5 Å². The minimum Gasteiger partial charge on any atom is -0.427 e. The fourth-order valence-corrected chi connectivity index (χ4v) is 3.60. The van der Waals surface area contributed by atoms with Gasteiger partial charge in [0, 0.05) is 36.0 Å². The van der Waals surface area contributed by atoms with Crippen molar-refractivity contribution in [1.29, 1.82) is 0 Å². The highest BCUT2D eigenvalue weighted by atomic mass is 32.2. The lowest BCUT2D eigenvalue weighted by molar-refractivity contribution is -0.131. The molecule has 10 heteroatoms. The molecule has 0 bridgehead atoms. The molecule has 3 aromatic rings. The second-order valence-electron chi connectivity index (χ2n) is 7.37. The molecular formula is C24H23N3O6S. The van der Waals surface area contributed by atoms with Gasteiger partial charge in [-0.2, -0.15) is 0 Å². The van der Waals surface area contributed by atoms with Crippen LogP contribution >= 0.6 is 0 Å². The maximum Gasteiger partial charge on any atom is 0.308 e. The van der Waals surface area contributed by atoms with E-state index in [2.05, 4.69) is 15.4 Å². The standard InChI is InChI=1S/C24H23N3O6S/c1-16(28)33-21-8-5-7-18(14-21)23(29)25-15-19-6-3-4-9-22(19)26-24(30)17-10-12-20(13-11-17)27-34(2,31)32/h3-14,27H,15H2,1-2H3,(H,25,29)(H,26,30). The molecule has 3 rings (SSSR count). The summed E-state index contributed by atoms with van der Waals surface area (Å²) in [5.41, 5.74) is 2.19. The van der Waals surface area contributed by atoms with Gasteiger partial charge in [0.25, 0.3) is 11.8 Å². The van der Waals surface area contributed by atoms with E-state index in [1.165, 1.54) is 37.3 Å². The molecule has 0 radical (unpaired) electrons. The molecule has 176 valence electrons. The summed E-state index contributed by atoms with van der Waals surface area (Å²) < 4.78 is 30.0. The topological polar surface area (TPSA) is 131 Å². The number of hydrogen-bond donors (Lipinski definition) is 3. The minimum atomic E-state index is -3.41. The number of amides is 2. The van der Waals surface area contributed by atoms with Crippen molar-refractivity contribution in [2.75, 3.05) is 16.3 Å². The predicted molar refractivity (Wildman–Crippen MR) is 128 cm³/mol. The summed E-state index contributed by atoms with van der Waals surface area (Å²) in [6.45, 7) is 1.42. The first kappa shape index (κ1) is 24.5. The third-order valence-electron chi connectivity index (χ3n) is 4.51. The molecule has 0 saturated carbocycles. The van der Waals surface area contributed by atoms with E-state index in [0.717, 1.165) is 6.26 Å². The quantitative estimate of drug-likeness (QED) is 0.335.